The molecule has 1 saturated heterocycles. The summed E-state index contributed by atoms with van der Waals surface area (Å²) in [5.74, 6) is 1.12. The molecule has 0 unspecified atom stereocenters. The second kappa shape index (κ2) is 13.9. The number of benzene rings is 3. The van der Waals surface area contributed by atoms with Gasteiger partial charge in [-0.25, -0.2) is 4.79 Å². The predicted molar refractivity (Wildman–Crippen MR) is 167 cm³/mol. The number of nitrogens with two attached hydrogens (primary N) is 1. The number of nitrogens with one attached hydrogen (secondary N) is 3. The highest BCUT2D eigenvalue weighted by atomic mass is 16.5. The number of carbonyl (C=O) groups excluding carboxylic acids is 2. The third kappa shape index (κ3) is 8.11. The van der Waals surface area contributed by atoms with Gasteiger partial charge in [-0.2, -0.15) is 0 Å². The average molecular weight is 570 g/mol. The largest absolute Gasteiger partial charge is 0.445 e. The molecule has 0 spiro atoms. The SMILES string of the molecule is CC(C)N1CCC(CN[C@H]2C[C@@H]2c2ccc(COC(=O)NCc3ccc(C(=O)Nc4ccccc4N)cc3)cc2)CC1. The molecule has 1 aliphatic heterocycles. The van der Waals surface area contributed by atoms with Crippen molar-refractivity contribution in [3.05, 3.63) is 95.1 Å². The summed E-state index contributed by atoms with van der Waals surface area (Å²) >= 11 is 0. The molecule has 3 aromatic carbocycles. The summed E-state index contributed by atoms with van der Waals surface area (Å²) in [5.41, 5.74) is 10.7. The zero-order chi connectivity index (χ0) is 29.5. The fraction of sp³-hybridized carbons (Fsp3) is 0.412. The van der Waals surface area contributed by atoms with Crippen molar-refractivity contribution in [3.8, 4) is 0 Å². The molecule has 3 aromatic rings. The van der Waals surface area contributed by atoms with Gasteiger partial charge in [0.25, 0.3) is 5.91 Å². The highest BCUT2D eigenvalue weighted by molar-refractivity contribution is 6.05. The van der Waals surface area contributed by atoms with E-state index in [-0.39, 0.29) is 12.5 Å². The van der Waals surface area contributed by atoms with Gasteiger partial charge in [0.1, 0.15) is 6.61 Å². The summed E-state index contributed by atoms with van der Waals surface area (Å²) in [6.07, 6.45) is 3.30. The standard InChI is InChI=1S/C34H43N5O3/c1-23(2)39-17-15-25(16-18-39)20-36-32-19-29(32)27-11-9-26(10-12-27)22-42-34(41)37-21-24-7-13-28(14-8-24)33(40)38-31-6-4-3-5-30(31)35/h3-14,23,25,29,32,36H,15-22,35H2,1-2H3,(H,37,41)(H,38,40)/t29-,32+/m1/s1. The molecule has 5 N–H and O–H groups in total. The van der Waals surface area contributed by atoms with E-state index in [1.54, 1.807) is 36.4 Å². The molecule has 2 fully saturated rings. The number of hydrogen-bond donors (Lipinski definition) is 4. The molecule has 2 aliphatic rings. The fourth-order valence-electron chi connectivity index (χ4n) is 5.59. The molecule has 1 aliphatic carbocycles. The summed E-state index contributed by atoms with van der Waals surface area (Å²) < 4.78 is 5.41. The average Bonchev–Trinajstić information content (AvgIpc) is 3.79. The molecule has 1 heterocycles. The lowest BCUT2D eigenvalue weighted by atomic mass is 9.96. The van der Waals surface area contributed by atoms with Gasteiger partial charge in [0.05, 0.1) is 11.4 Å². The van der Waals surface area contributed by atoms with Gasteiger partial charge in [-0.15, -0.1) is 0 Å². The number of nitrogens with zero attached hydrogens (tertiary/aromatic N) is 1. The van der Waals surface area contributed by atoms with Crippen molar-refractivity contribution < 1.29 is 14.3 Å². The number of amides is 2. The third-order valence-electron chi connectivity index (χ3n) is 8.48. The maximum atomic E-state index is 12.5. The van der Waals surface area contributed by atoms with E-state index in [1.165, 1.54) is 37.9 Å². The van der Waals surface area contributed by atoms with Crippen LogP contribution in [0.25, 0.3) is 0 Å². The lowest BCUT2D eigenvalue weighted by Gasteiger charge is -2.34. The molecule has 0 aromatic heterocycles. The number of hydrogen-bond acceptors (Lipinski definition) is 6. The smallest absolute Gasteiger partial charge is 0.407 e. The van der Waals surface area contributed by atoms with Crippen molar-refractivity contribution in [3.63, 3.8) is 0 Å². The monoisotopic (exact) mass is 569 g/mol. The highest BCUT2D eigenvalue weighted by Gasteiger charge is 2.38. The second-order valence-electron chi connectivity index (χ2n) is 11.8. The Morgan fingerprint density at radius 2 is 1.64 bits per heavy atom. The molecule has 8 heteroatoms. The van der Waals surface area contributed by atoms with Crippen LogP contribution in [-0.4, -0.2) is 48.6 Å². The molecule has 5 rings (SSSR count). The van der Waals surface area contributed by atoms with Crippen LogP contribution in [0.2, 0.25) is 0 Å². The molecule has 0 radical (unpaired) electrons. The van der Waals surface area contributed by atoms with Crippen LogP contribution in [0.5, 0.6) is 0 Å². The van der Waals surface area contributed by atoms with E-state index in [1.807, 2.05) is 24.3 Å². The predicted octanol–water partition coefficient (Wildman–Crippen LogP) is 5.51. The van der Waals surface area contributed by atoms with Crippen LogP contribution in [0.15, 0.2) is 72.8 Å². The summed E-state index contributed by atoms with van der Waals surface area (Å²) in [4.78, 5) is 27.3. The molecular weight excluding hydrogens is 526 g/mol. The van der Waals surface area contributed by atoms with E-state index in [4.69, 9.17) is 10.5 Å². The Morgan fingerprint density at radius 1 is 0.952 bits per heavy atom. The van der Waals surface area contributed by atoms with Gasteiger partial charge >= 0.3 is 6.09 Å². The van der Waals surface area contributed by atoms with E-state index in [2.05, 4.69) is 46.8 Å². The molecular formula is C34H43N5O3. The number of para-hydroxylation sites is 2. The summed E-state index contributed by atoms with van der Waals surface area (Å²) in [5, 5.41) is 9.38. The van der Waals surface area contributed by atoms with E-state index in [9.17, 15) is 9.59 Å². The topological polar surface area (TPSA) is 109 Å². The Kier molecular flexibility index (Phi) is 9.77. The minimum Gasteiger partial charge on any atom is -0.445 e. The first-order valence-corrected chi connectivity index (χ1v) is 15.1. The molecule has 42 heavy (non-hydrogen) atoms. The number of carbonyl (C=O) groups is 2. The van der Waals surface area contributed by atoms with Crippen molar-refractivity contribution in [1.29, 1.82) is 0 Å². The molecule has 2 atom stereocenters. The van der Waals surface area contributed by atoms with Crippen LogP contribution < -0.4 is 21.7 Å². The maximum absolute atomic E-state index is 12.5. The van der Waals surface area contributed by atoms with E-state index < -0.39 is 6.09 Å². The maximum Gasteiger partial charge on any atom is 0.407 e. The number of alkyl carbamates (subject to hydrolysis) is 1. The number of ether oxygens (including phenoxy) is 1. The first kappa shape index (κ1) is 29.6. The molecule has 1 saturated carbocycles. The molecule has 2 amide bonds. The number of piperidine rings is 1. The Balaban J connectivity index is 0.982. The quantitative estimate of drug-likeness (QED) is 0.227. The van der Waals surface area contributed by atoms with Crippen LogP contribution >= 0.6 is 0 Å². The van der Waals surface area contributed by atoms with E-state index in [0.29, 0.717) is 41.5 Å². The summed E-state index contributed by atoms with van der Waals surface area (Å²) in [6.45, 7) is 8.66. The van der Waals surface area contributed by atoms with Gasteiger partial charge < -0.3 is 31.3 Å². The van der Waals surface area contributed by atoms with Crippen molar-refractivity contribution >= 4 is 23.4 Å². The van der Waals surface area contributed by atoms with E-state index in [0.717, 1.165) is 23.6 Å². The van der Waals surface area contributed by atoms with Gasteiger partial charge in [0.2, 0.25) is 0 Å². The highest BCUT2D eigenvalue weighted by Crippen LogP contribution is 2.41. The summed E-state index contributed by atoms with van der Waals surface area (Å²) in [6, 6.07) is 23.8. The zero-order valence-electron chi connectivity index (χ0n) is 24.6. The van der Waals surface area contributed by atoms with Crippen molar-refractivity contribution in [1.82, 2.24) is 15.5 Å². The van der Waals surface area contributed by atoms with Gasteiger partial charge in [0, 0.05) is 30.1 Å². The number of anilines is 2. The molecule has 8 nitrogen and oxygen atoms in total. The first-order valence-electron chi connectivity index (χ1n) is 15.1. The van der Waals surface area contributed by atoms with Gasteiger partial charge in [-0.05, 0) is 99.6 Å². The van der Waals surface area contributed by atoms with Crippen LogP contribution in [0, 0.1) is 5.92 Å². The molecule has 222 valence electrons. The number of rotatable bonds is 11. The Morgan fingerprint density at radius 3 is 2.33 bits per heavy atom. The fourth-order valence-corrected chi connectivity index (χ4v) is 5.59. The minimum absolute atomic E-state index is 0.218. The molecule has 0 bridgehead atoms. The van der Waals surface area contributed by atoms with Crippen molar-refractivity contribution in [2.24, 2.45) is 5.92 Å². The lowest BCUT2D eigenvalue weighted by Crippen LogP contribution is -2.41. The lowest BCUT2D eigenvalue weighted by molar-refractivity contribution is 0.102. The van der Waals surface area contributed by atoms with Gasteiger partial charge in [-0.1, -0.05) is 48.5 Å². The number of nitrogen functional groups attached to an aromatic ring is 1. The van der Waals surface area contributed by atoms with Gasteiger partial charge in [-0.3, -0.25) is 4.79 Å². The van der Waals surface area contributed by atoms with Crippen molar-refractivity contribution in [2.75, 3.05) is 30.7 Å². The van der Waals surface area contributed by atoms with Crippen LogP contribution in [-0.2, 0) is 17.9 Å². The first-order chi connectivity index (χ1) is 20.4. The Bertz CT molecular complexity index is 1330. The Labute approximate surface area is 249 Å². The summed E-state index contributed by atoms with van der Waals surface area (Å²) in [7, 11) is 0. The van der Waals surface area contributed by atoms with Gasteiger partial charge in [0.15, 0.2) is 0 Å². The third-order valence-corrected chi connectivity index (χ3v) is 8.48. The van der Waals surface area contributed by atoms with E-state index >= 15 is 0 Å². The van der Waals surface area contributed by atoms with Crippen molar-refractivity contribution in [2.45, 2.75) is 64.3 Å². The Hall–Kier alpha value is -3.88. The van der Waals surface area contributed by atoms with Crippen LogP contribution in [0.3, 0.4) is 0 Å². The normalized spacial score (nSPS) is 18.9. The second-order valence-corrected chi connectivity index (χ2v) is 11.8. The minimum atomic E-state index is -0.480. The van der Waals surface area contributed by atoms with Crippen LogP contribution in [0.1, 0.15) is 66.1 Å². The van der Waals surface area contributed by atoms with Crippen LogP contribution in [0.4, 0.5) is 16.2 Å². The number of likely N-dealkylation sites (tertiary alicyclic amines) is 1. The zero-order valence-corrected chi connectivity index (χ0v) is 24.6.